The fourth-order valence-electron chi connectivity index (χ4n) is 1.49. The van der Waals surface area contributed by atoms with E-state index < -0.39 is 0 Å². The zero-order valence-corrected chi connectivity index (χ0v) is 9.97. The smallest absolute Gasteiger partial charge is 0.171 e. The third kappa shape index (κ3) is 1.65. The van der Waals surface area contributed by atoms with Gasteiger partial charge in [0, 0.05) is 20.3 Å². The molecule has 0 aromatic heterocycles. The lowest BCUT2D eigenvalue weighted by molar-refractivity contribution is 0.336. The van der Waals surface area contributed by atoms with Crippen LogP contribution in [0.5, 0.6) is 5.75 Å². The molecule has 0 spiro atoms. The second kappa shape index (κ2) is 3.89. The summed E-state index contributed by atoms with van der Waals surface area (Å²) in [6, 6.07) is 7.19. The van der Waals surface area contributed by atoms with Crippen molar-refractivity contribution in [3.05, 3.63) is 33.8 Å². The summed E-state index contributed by atoms with van der Waals surface area (Å²) in [5, 5.41) is 2.31. The van der Waals surface area contributed by atoms with Gasteiger partial charge in [-0.3, -0.25) is 0 Å². The molecule has 5 heteroatoms. The van der Waals surface area contributed by atoms with Crippen LogP contribution in [0.4, 0.5) is 5.69 Å². The minimum absolute atomic E-state index is 0.427. The van der Waals surface area contributed by atoms with E-state index in [4.69, 9.17) is 23.2 Å². The molecular weight excluding hydrogens is 279 g/mol. The molecule has 0 unspecified atom stereocenters. The third-order valence-corrected chi connectivity index (χ3v) is 3.13. The molecule has 0 aliphatic carbocycles. The highest BCUT2D eigenvalue weighted by atomic mass is 79.9. The molecule has 0 radical (unpaired) electrons. The Balaban J connectivity index is 2.93. The van der Waals surface area contributed by atoms with Crippen LogP contribution in [-0.2, 0) is 0 Å². The van der Waals surface area contributed by atoms with Gasteiger partial charge in [0.25, 0.3) is 0 Å². The maximum Gasteiger partial charge on any atom is 0.171 e. The highest BCUT2D eigenvalue weighted by Gasteiger charge is 2.11. The van der Waals surface area contributed by atoms with Crippen LogP contribution in [0.2, 0.25) is 5.02 Å². The molecule has 0 bridgehead atoms. The van der Waals surface area contributed by atoms with E-state index >= 15 is 0 Å². The summed E-state index contributed by atoms with van der Waals surface area (Å²) < 4.78 is 0.803. The average Bonchev–Trinajstić information content (AvgIpc) is 2.23. The molecule has 0 amide bonds. The van der Waals surface area contributed by atoms with Crippen molar-refractivity contribution in [1.82, 2.24) is 0 Å². The number of nitrogens with two attached hydrogens (primary N) is 2. The van der Waals surface area contributed by atoms with Crippen molar-refractivity contribution in [3.8, 4) is 5.75 Å². The van der Waals surface area contributed by atoms with Crippen LogP contribution in [0.15, 0.2) is 28.7 Å². The van der Waals surface area contributed by atoms with Crippen LogP contribution in [0.3, 0.4) is 0 Å². The second-order valence-electron chi connectivity index (χ2n) is 3.05. The number of benzene rings is 2. The maximum atomic E-state index is 6.07. The zero-order valence-electron chi connectivity index (χ0n) is 7.63. The number of rotatable bonds is 1. The van der Waals surface area contributed by atoms with Gasteiger partial charge in [-0.2, -0.15) is 5.90 Å². The molecule has 0 aliphatic rings. The predicted octanol–water partition coefficient (Wildman–Crippen LogP) is 3.09. The lowest BCUT2D eigenvalue weighted by atomic mass is 10.1. The van der Waals surface area contributed by atoms with Gasteiger partial charge in [0.1, 0.15) is 0 Å². The van der Waals surface area contributed by atoms with E-state index in [2.05, 4.69) is 20.8 Å². The van der Waals surface area contributed by atoms with Crippen molar-refractivity contribution in [1.29, 1.82) is 0 Å². The van der Waals surface area contributed by atoms with Crippen molar-refractivity contribution in [2.45, 2.75) is 0 Å². The van der Waals surface area contributed by atoms with E-state index in [1.165, 1.54) is 0 Å². The quantitative estimate of drug-likeness (QED) is 0.626. The van der Waals surface area contributed by atoms with Gasteiger partial charge in [-0.1, -0.05) is 23.7 Å². The van der Waals surface area contributed by atoms with Crippen LogP contribution in [0, 0.1) is 0 Å². The summed E-state index contributed by atoms with van der Waals surface area (Å²) >= 11 is 9.47. The monoisotopic (exact) mass is 286 g/mol. The van der Waals surface area contributed by atoms with Crippen molar-refractivity contribution in [2.75, 3.05) is 5.73 Å². The molecule has 15 heavy (non-hydrogen) atoms. The van der Waals surface area contributed by atoms with Crippen LogP contribution >= 0.6 is 27.5 Å². The fraction of sp³-hybridized carbons (Fsp3) is 0. The summed E-state index contributed by atoms with van der Waals surface area (Å²) in [7, 11) is 0. The fourth-order valence-corrected chi connectivity index (χ4v) is 2.51. The van der Waals surface area contributed by atoms with Crippen molar-refractivity contribution < 1.29 is 4.84 Å². The summed E-state index contributed by atoms with van der Waals surface area (Å²) in [6.07, 6.45) is 0. The zero-order chi connectivity index (χ0) is 11.0. The van der Waals surface area contributed by atoms with E-state index in [-0.39, 0.29) is 0 Å². The second-order valence-corrected chi connectivity index (χ2v) is 4.31. The molecule has 78 valence electrons. The minimum atomic E-state index is 0.427. The first-order valence-corrected chi connectivity index (χ1v) is 5.35. The van der Waals surface area contributed by atoms with Crippen LogP contribution in [0.25, 0.3) is 10.8 Å². The van der Waals surface area contributed by atoms with Gasteiger partial charge >= 0.3 is 0 Å². The lowest BCUT2D eigenvalue weighted by Crippen LogP contribution is -2.05. The molecule has 2 rings (SSSR count). The van der Waals surface area contributed by atoms with E-state index in [0.29, 0.717) is 16.5 Å². The van der Waals surface area contributed by atoms with Gasteiger partial charge in [-0.15, -0.1) is 0 Å². The number of fused-ring (bicyclic) bond motifs is 1. The molecule has 2 aromatic carbocycles. The normalized spacial score (nSPS) is 10.6. The molecule has 4 N–H and O–H groups in total. The first kappa shape index (κ1) is 10.5. The molecule has 0 heterocycles. The molecule has 0 fully saturated rings. The Bertz CT molecular complexity index is 530. The molecule has 0 saturated carbocycles. The predicted molar refractivity (Wildman–Crippen MR) is 65.9 cm³/mol. The Kier molecular flexibility index (Phi) is 2.73. The van der Waals surface area contributed by atoms with Gasteiger partial charge in [-0.05, 0) is 28.1 Å². The Labute approximate surface area is 100 Å². The minimum Gasteiger partial charge on any atom is -0.409 e. The summed E-state index contributed by atoms with van der Waals surface area (Å²) in [5.74, 6) is 5.54. The number of halogens is 2. The van der Waals surface area contributed by atoms with Gasteiger partial charge < -0.3 is 10.6 Å². The highest BCUT2D eigenvalue weighted by Crippen LogP contribution is 2.39. The van der Waals surface area contributed by atoms with Gasteiger partial charge in [-0.25, -0.2) is 0 Å². The van der Waals surface area contributed by atoms with E-state index in [1.54, 1.807) is 12.1 Å². The first-order chi connectivity index (χ1) is 7.15. The molecule has 3 nitrogen and oxygen atoms in total. The first-order valence-electron chi connectivity index (χ1n) is 4.18. The molecule has 0 saturated heterocycles. The van der Waals surface area contributed by atoms with Crippen molar-refractivity contribution in [2.24, 2.45) is 5.90 Å². The SMILES string of the molecule is NOc1cc(Br)c2c(Cl)cccc2c1N. The van der Waals surface area contributed by atoms with Gasteiger partial charge in [0.15, 0.2) is 5.75 Å². The number of hydrogen-bond donors (Lipinski definition) is 2. The lowest BCUT2D eigenvalue weighted by Gasteiger charge is -2.10. The number of hydrogen-bond acceptors (Lipinski definition) is 3. The number of anilines is 1. The van der Waals surface area contributed by atoms with Crippen molar-refractivity contribution >= 4 is 44.0 Å². The van der Waals surface area contributed by atoms with E-state index in [1.807, 2.05) is 12.1 Å². The Morgan fingerprint density at radius 1 is 1.33 bits per heavy atom. The van der Waals surface area contributed by atoms with Crippen molar-refractivity contribution in [3.63, 3.8) is 0 Å². The molecular formula is C10H8BrClN2O. The maximum absolute atomic E-state index is 6.07. The summed E-state index contributed by atoms with van der Waals surface area (Å²) in [4.78, 5) is 4.68. The summed E-state index contributed by atoms with van der Waals surface area (Å²) in [6.45, 7) is 0. The standard InChI is InChI=1S/C10H8BrClN2O/c11-6-4-8(15-14)10(13)5-2-1-3-7(12)9(5)6/h1-4H,13-14H2. The van der Waals surface area contributed by atoms with Gasteiger partial charge in [0.2, 0.25) is 0 Å². The Morgan fingerprint density at radius 2 is 2.07 bits per heavy atom. The molecule has 0 atom stereocenters. The molecule has 2 aromatic rings. The summed E-state index contributed by atoms with van der Waals surface area (Å²) in [5.41, 5.74) is 6.37. The van der Waals surface area contributed by atoms with Crippen LogP contribution in [0.1, 0.15) is 0 Å². The molecule has 0 aliphatic heterocycles. The van der Waals surface area contributed by atoms with Crippen LogP contribution < -0.4 is 16.5 Å². The van der Waals surface area contributed by atoms with Crippen LogP contribution in [-0.4, -0.2) is 0 Å². The van der Waals surface area contributed by atoms with E-state index in [9.17, 15) is 0 Å². The largest absolute Gasteiger partial charge is 0.409 e. The average molecular weight is 288 g/mol. The number of nitrogen functional groups attached to an aromatic ring is 1. The third-order valence-electron chi connectivity index (χ3n) is 2.19. The Hall–Kier alpha value is -0.970. The highest BCUT2D eigenvalue weighted by molar-refractivity contribution is 9.10. The Morgan fingerprint density at radius 3 is 2.73 bits per heavy atom. The van der Waals surface area contributed by atoms with E-state index in [0.717, 1.165) is 15.2 Å². The topological polar surface area (TPSA) is 61.3 Å². The van der Waals surface area contributed by atoms with Gasteiger partial charge in [0.05, 0.1) is 5.69 Å².